The predicted octanol–water partition coefficient (Wildman–Crippen LogP) is 4.15. The molecule has 1 N–H and O–H groups in total. The second-order valence-electron chi connectivity index (χ2n) is 7.35. The van der Waals surface area contributed by atoms with Crippen LogP contribution in [-0.4, -0.2) is 17.0 Å². The monoisotopic (exact) mass is 409 g/mol. The number of piperidine rings is 1. The normalized spacial score (nSPS) is 19.4. The fourth-order valence-corrected chi connectivity index (χ4v) is 4.65. The SMILES string of the molecule is Cc1ccc(N2C(=O)CCC(C(=O)NCc3cc(C)on3)C2c2cccs2)cc1. The molecule has 1 saturated heterocycles. The van der Waals surface area contributed by atoms with Gasteiger partial charge in [-0.15, -0.1) is 11.3 Å². The van der Waals surface area contributed by atoms with Gasteiger partial charge in [-0.05, 0) is 43.8 Å². The van der Waals surface area contributed by atoms with Crippen LogP contribution in [0.15, 0.2) is 52.4 Å². The molecule has 0 aliphatic carbocycles. The van der Waals surface area contributed by atoms with Crippen molar-refractivity contribution in [2.24, 2.45) is 5.92 Å². The van der Waals surface area contributed by atoms with Gasteiger partial charge < -0.3 is 14.7 Å². The van der Waals surface area contributed by atoms with E-state index in [1.165, 1.54) is 0 Å². The fourth-order valence-electron chi connectivity index (χ4n) is 3.77. The smallest absolute Gasteiger partial charge is 0.227 e. The van der Waals surface area contributed by atoms with E-state index in [0.29, 0.717) is 30.8 Å². The number of amides is 2. The van der Waals surface area contributed by atoms with E-state index in [1.54, 1.807) is 22.3 Å². The van der Waals surface area contributed by atoms with E-state index >= 15 is 0 Å². The minimum Gasteiger partial charge on any atom is -0.361 e. The molecule has 0 radical (unpaired) electrons. The largest absolute Gasteiger partial charge is 0.361 e. The number of hydrogen-bond donors (Lipinski definition) is 1. The summed E-state index contributed by atoms with van der Waals surface area (Å²) in [6.07, 6.45) is 0.865. The lowest BCUT2D eigenvalue weighted by Gasteiger charge is -2.40. The summed E-state index contributed by atoms with van der Waals surface area (Å²) in [4.78, 5) is 28.8. The zero-order valence-corrected chi connectivity index (χ0v) is 17.2. The highest BCUT2D eigenvalue weighted by molar-refractivity contribution is 7.10. The molecule has 1 aliphatic heterocycles. The van der Waals surface area contributed by atoms with Crippen molar-refractivity contribution in [2.75, 3.05) is 4.90 Å². The second-order valence-corrected chi connectivity index (χ2v) is 8.33. The van der Waals surface area contributed by atoms with Crippen LogP contribution in [0.5, 0.6) is 0 Å². The van der Waals surface area contributed by atoms with Gasteiger partial charge in [-0.25, -0.2) is 0 Å². The molecule has 1 aliphatic rings. The van der Waals surface area contributed by atoms with E-state index in [4.69, 9.17) is 4.52 Å². The molecule has 0 spiro atoms. The van der Waals surface area contributed by atoms with Crippen LogP contribution in [0.25, 0.3) is 0 Å². The third kappa shape index (κ3) is 4.10. The lowest BCUT2D eigenvalue weighted by Crippen LogP contribution is -2.48. The zero-order chi connectivity index (χ0) is 20.4. The highest BCUT2D eigenvalue weighted by Gasteiger charge is 2.41. The summed E-state index contributed by atoms with van der Waals surface area (Å²) in [6, 6.07) is 13.3. The molecule has 1 fully saturated rings. The van der Waals surface area contributed by atoms with Crippen LogP contribution in [0.2, 0.25) is 0 Å². The first-order chi connectivity index (χ1) is 14.0. The first-order valence-corrected chi connectivity index (χ1v) is 10.5. The molecular formula is C22H23N3O3S. The van der Waals surface area contributed by atoms with Gasteiger partial charge in [-0.3, -0.25) is 9.59 Å². The molecule has 3 aromatic rings. The van der Waals surface area contributed by atoms with Crippen LogP contribution in [0.1, 0.15) is 40.8 Å². The van der Waals surface area contributed by atoms with E-state index in [0.717, 1.165) is 16.1 Å². The van der Waals surface area contributed by atoms with Crippen molar-refractivity contribution in [1.82, 2.24) is 10.5 Å². The predicted molar refractivity (Wildman–Crippen MR) is 112 cm³/mol. The van der Waals surface area contributed by atoms with Crippen LogP contribution >= 0.6 is 11.3 Å². The molecule has 150 valence electrons. The number of benzene rings is 1. The summed E-state index contributed by atoms with van der Waals surface area (Å²) in [5, 5.41) is 8.89. The third-order valence-electron chi connectivity index (χ3n) is 5.20. The Morgan fingerprint density at radius 3 is 2.72 bits per heavy atom. The van der Waals surface area contributed by atoms with Crippen LogP contribution in [0, 0.1) is 19.8 Å². The number of rotatable bonds is 5. The molecule has 2 unspecified atom stereocenters. The minimum atomic E-state index is -0.333. The number of carbonyl (C=O) groups excluding carboxylic acids is 2. The van der Waals surface area contributed by atoms with Crippen molar-refractivity contribution in [3.05, 3.63) is 69.7 Å². The topological polar surface area (TPSA) is 75.4 Å². The molecule has 3 heterocycles. The highest BCUT2D eigenvalue weighted by atomic mass is 32.1. The molecule has 29 heavy (non-hydrogen) atoms. The number of carbonyl (C=O) groups is 2. The quantitative estimate of drug-likeness (QED) is 0.687. The van der Waals surface area contributed by atoms with Gasteiger partial charge in [0.15, 0.2) is 0 Å². The fraction of sp³-hybridized carbons (Fsp3) is 0.318. The van der Waals surface area contributed by atoms with Gasteiger partial charge in [0, 0.05) is 23.1 Å². The number of aryl methyl sites for hydroxylation is 2. The average Bonchev–Trinajstić information content (AvgIpc) is 3.38. The molecule has 6 nitrogen and oxygen atoms in total. The van der Waals surface area contributed by atoms with Crippen molar-refractivity contribution < 1.29 is 14.1 Å². The number of hydrogen-bond acceptors (Lipinski definition) is 5. The second kappa shape index (κ2) is 8.21. The molecule has 2 amide bonds. The number of anilines is 1. The average molecular weight is 410 g/mol. The number of thiophene rings is 1. The Labute approximate surface area is 173 Å². The van der Waals surface area contributed by atoms with Crippen LogP contribution in [0.4, 0.5) is 5.69 Å². The number of nitrogens with zero attached hydrogens (tertiary/aromatic N) is 2. The molecular weight excluding hydrogens is 386 g/mol. The molecule has 4 rings (SSSR count). The Bertz CT molecular complexity index is 995. The van der Waals surface area contributed by atoms with Gasteiger partial charge in [0.05, 0.1) is 18.5 Å². The van der Waals surface area contributed by atoms with Crippen LogP contribution in [0.3, 0.4) is 0 Å². The summed E-state index contributed by atoms with van der Waals surface area (Å²) in [5.41, 5.74) is 2.64. The first-order valence-electron chi connectivity index (χ1n) is 9.65. The maximum atomic E-state index is 13.1. The summed E-state index contributed by atoms with van der Waals surface area (Å²) in [6.45, 7) is 4.14. The molecule has 2 aromatic heterocycles. The van der Waals surface area contributed by atoms with Crippen molar-refractivity contribution in [3.63, 3.8) is 0 Å². The van der Waals surface area contributed by atoms with Gasteiger partial charge >= 0.3 is 0 Å². The van der Waals surface area contributed by atoms with Gasteiger partial charge in [0.1, 0.15) is 11.5 Å². The Morgan fingerprint density at radius 2 is 2.07 bits per heavy atom. The van der Waals surface area contributed by atoms with Crippen LogP contribution < -0.4 is 10.2 Å². The number of aromatic nitrogens is 1. The Balaban J connectivity index is 1.62. The van der Waals surface area contributed by atoms with E-state index < -0.39 is 0 Å². The van der Waals surface area contributed by atoms with Gasteiger partial charge in [-0.1, -0.05) is 28.9 Å². The van der Waals surface area contributed by atoms with E-state index in [9.17, 15) is 9.59 Å². The van der Waals surface area contributed by atoms with Crippen molar-refractivity contribution in [3.8, 4) is 0 Å². The lowest BCUT2D eigenvalue weighted by atomic mass is 9.86. The van der Waals surface area contributed by atoms with Gasteiger partial charge in [0.2, 0.25) is 11.8 Å². The first kappa shape index (κ1) is 19.4. The maximum Gasteiger partial charge on any atom is 0.227 e. The molecule has 0 bridgehead atoms. The van der Waals surface area contributed by atoms with Crippen molar-refractivity contribution in [2.45, 2.75) is 39.3 Å². The maximum absolute atomic E-state index is 13.1. The van der Waals surface area contributed by atoms with Crippen LogP contribution in [-0.2, 0) is 16.1 Å². The third-order valence-corrected chi connectivity index (χ3v) is 6.14. The molecule has 1 aromatic carbocycles. The summed E-state index contributed by atoms with van der Waals surface area (Å²) < 4.78 is 5.07. The van der Waals surface area contributed by atoms with Crippen molar-refractivity contribution >= 4 is 28.8 Å². The van der Waals surface area contributed by atoms with E-state index in [2.05, 4.69) is 10.5 Å². The Hall–Kier alpha value is -2.93. The zero-order valence-electron chi connectivity index (χ0n) is 16.4. The van der Waals surface area contributed by atoms with E-state index in [1.807, 2.05) is 55.6 Å². The van der Waals surface area contributed by atoms with E-state index in [-0.39, 0.29) is 23.8 Å². The molecule has 7 heteroatoms. The Morgan fingerprint density at radius 1 is 1.28 bits per heavy atom. The molecule has 2 atom stereocenters. The summed E-state index contributed by atoms with van der Waals surface area (Å²) >= 11 is 1.57. The summed E-state index contributed by atoms with van der Waals surface area (Å²) in [5.74, 6) is 0.345. The minimum absolute atomic E-state index is 0.0448. The summed E-state index contributed by atoms with van der Waals surface area (Å²) in [7, 11) is 0. The van der Waals surface area contributed by atoms with Crippen molar-refractivity contribution in [1.29, 1.82) is 0 Å². The number of nitrogens with one attached hydrogen (secondary N) is 1. The molecule has 0 saturated carbocycles. The highest BCUT2D eigenvalue weighted by Crippen LogP contribution is 2.41. The lowest BCUT2D eigenvalue weighted by molar-refractivity contribution is -0.129. The Kier molecular flexibility index (Phi) is 5.49. The van der Waals surface area contributed by atoms with Gasteiger partial charge in [0.25, 0.3) is 0 Å². The van der Waals surface area contributed by atoms with Gasteiger partial charge in [-0.2, -0.15) is 0 Å². The standard InChI is InChI=1S/C22H23N3O3S/c1-14-5-7-17(8-6-14)25-20(26)10-9-18(21(25)19-4-3-11-29-19)22(27)23-13-16-12-15(2)28-24-16/h3-8,11-12,18,21H,9-10,13H2,1-2H3,(H,23,27).